The fourth-order valence-corrected chi connectivity index (χ4v) is 25.5. The van der Waals surface area contributed by atoms with Gasteiger partial charge in [-0.2, -0.15) is 0 Å². The lowest BCUT2D eigenvalue weighted by molar-refractivity contribution is -0.157. The van der Waals surface area contributed by atoms with Crippen molar-refractivity contribution in [3.8, 4) is 17.2 Å². The van der Waals surface area contributed by atoms with Gasteiger partial charge in [-0.1, -0.05) is 79.2 Å². The Morgan fingerprint density at radius 2 is 0.785 bits per heavy atom. The first-order valence-electron chi connectivity index (χ1n) is 37.4. The molecule has 9 saturated carbocycles. The molecule has 13 aliphatic carbocycles. The van der Waals surface area contributed by atoms with Gasteiger partial charge in [0, 0.05) is 31.1 Å². The minimum atomic E-state index is -0.128. The topological polar surface area (TPSA) is 138 Å². The van der Waals surface area contributed by atoms with Crippen molar-refractivity contribution >= 4 is 17.7 Å². The van der Waals surface area contributed by atoms with E-state index in [2.05, 4.69) is 110 Å². The Hall–Kier alpha value is -4.67. The minimum Gasteiger partial charge on any atom is -0.497 e. The number of hydrogen-bond acceptors (Lipinski definition) is 10. The van der Waals surface area contributed by atoms with E-state index in [9.17, 15) is 24.6 Å². The number of fused-ring (bicyclic) bond motifs is 20. The Balaban J connectivity index is 0.000000113. The molecule has 13 aliphatic rings. The second kappa shape index (κ2) is 26.0. The van der Waals surface area contributed by atoms with Crippen molar-refractivity contribution in [2.24, 2.45) is 105 Å². The zero-order chi connectivity index (χ0) is 65.8. The molecule has 0 aromatic heterocycles. The van der Waals surface area contributed by atoms with Crippen LogP contribution in [0.2, 0.25) is 0 Å². The lowest BCUT2D eigenvalue weighted by Gasteiger charge is -2.55. The molecule has 0 bridgehead atoms. The summed E-state index contributed by atoms with van der Waals surface area (Å²) >= 11 is 0. The van der Waals surface area contributed by atoms with E-state index in [1.165, 1.54) is 92.9 Å². The molecule has 0 aliphatic heterocycles. The molecule has 3 aromatic rings. The largest absolute Gasteiger partial charge is 0.497 e. The van der Waals surface area contributed by atoms with Crippen molar-refractivity contribution in [3.63, 3.8) is 0 Å². The molecular weight excluding hydrogens is 1160 g/mol. The maximum Gasteiger partial charge on any atom is 0.302 e. The number of aliphatic hydroxyl groups is 2. The Labute approximate surface area is 558 Å². The summed E-state index contributed by atoms with van der Waals surface area (Å²) in [6.45, 7) is 22.2. The van der Waals surface area contributed by atoms with Crippen LogP contribution in [0.4, 0.5) is 0 Å². The number of methoxy groups -OCH3 is 3. The van der Waals surface area contributed by atoms with E-state index in [0.717, 1.165) is 112 Å². The average molecular weight is 1270 g/mol. The van der Waals surface area contributed by atoms with Crippen LogP contribution >= 0.6 is 0 Å². The van der Waals surface area contributed by atoms with Crippen LogP contribution in [0.3, 0.4) is 0 Å². The summed E-state index contributed by atoms with van der Waals surface area (Å²) in [7, 11) is 5.25. The molecule has 9 fully saturated rings. The first kappa shape index (κ1) is 66.9. The van der Waals surface area contributed by atoms with Crippen LogP contribution in [0, 0.1) is 105 Å². The number of allylic oxidation sites excluding steroid dienone is 1. The van der Waals surface area contributed by atoms with E-state index in [1.54, 1.807) is 51.9 Å². The molecule has 25 atom stereocenters. The van der Waals surface area contributed by atoms with Crippen LogP contribution in [-0.2, 0) is 43.1 Å². The summed E-state index contributed by atoms with van der Waals surface area (Å²) < 4.78 is 27.7. The van der Waals surface area contributed by atoms with Crippen LogP contribution in [0.25, 0.3) is 0 Å². The lowest BCUT2D eigenvalue weighted by atomic mass is 9.49. The number of carbonyl (C=O) groups is 3. The third kappa shape index (κ3) is 11.7. The Morgan fingerprint density at radius 1 is 0.430 bits per heavy atom. The van der Waals surface area contributed by atoms with Gasteiger partial charge in [0.05, 0.1) is 33.5 Å². The first-order chi connectivity index (χ1) is 44.4. The summed E-state index contributed by atoms with van der Waals surface area (Å²) in [6, 6.07) is 20.0. The van der Waals surface area contributed by atoms with E-state index >= 15 is 0 Å². The maximum atomic E-state index is 11.8. The van der Waals surface area contributed by atoms with Gasteiger partial charge in [-0.3, -0.25) is 14.4 Å². The summed E-state index contributed by atoms with van der Waals surface area (Å²) in [6.07, 6.45) is 26.9. The van der Waals surface area contributed by atoms with Crippen molar-refractivity contribution in [3.05, 3.63) is 99.6 Å². The number of rotatable bonds is 5. The van der Waals surface area contributed by atoms with Gasteiger partial charge in [0.1, 0.15) is 29.5 Å². The van der Waals surface area contributed by atoms with E-state index in [4.69, 9.17) is 23.7 Å². The summed E-state index contributed by atoms with van der Waals surface area (Å²) in [4.78, 5) is 34.9. The third-order valence-corrected chi connectivity index (χ3v) is 29.8. The van der Waals surface area contributed by atoms with Crippen LogP contribution in [0.5, 0.6) is 17.2 Å². The molecule has 0 saturated heterocycles. The second-order valence-electron chi connectivity index (χ2n) is 34.2. The predicted molar refractivity (Wildman–Crippen MR) is 366 cm³/mol. The molecule has 16 rings (SSSR count). The molecule has 0 spiro atoms. The van der Waals surface area contributed by atoms with Gasteiger partial charge in [-0.25, -0.2) is 0 Å². The number of ether oxygens (including phenoxy) is 5. The molecule has 0 amide bonds. The normalized spacial score (nSPS) is 43.2. The summed E-state index contributed by atoms with van der Waals surface area (Å²) in [5, 5.41) is 21.0. The number of esters is 2. The average Bonchev–Trinajstić information content (AvgIpc) is 1.72. The number of hydrogen-bond donors (Lipinski definition) is 2. The highest BCUT2D eigenvalue weighted by Gasteiger charge is 2.62. The van der Waals surface area contributed by atoms with Crippen LogP contribution in [0.15, 0.2) is 66.2 Å². The fraction of sp³-hybridized carbons (Fsp3) is 0.723. The van der Waals surface area contributed by atoms with Gasteiger partial charge >= 0.3 is 11.9 Å². The highest BCUT2D eigenvalue weighted by atomic mass is 16.5. The lowest BCUT2D eigenvalue weighted by Crippen LogP contribution is -2.50. The maximum absolute atomic E-state index is 11.8. The smallest absolute Gasteiger partial charge is 0.302 e. The molecule has 3 aromatic carbocycles. The van der Waals surface area contributed by atoms with Crippen molar-refractivity contribution in [2.45, 2.75) is 253 Å². The van der Waals surface area contributed by atoms with Crippen molar-refractivity contribution < 1.29 is 48.3 Å². The van der Waals surface area contributed by atoms with Gasteiger partial charge in [-0.05, 0) is 322 Å². The molecule has 10 nitrogen and oxygen atoms in total. The highest BCUT2D eigenvalue weighted by Crippen LogP contribution is 2.67. The SMILES string of the molecule is CC(=O)O[C@H]1CCC2C3C(CC[C@@]21C)C1CCC(=O)C=C1C[C@H]3C.COc1ccc2c(c1)C[C@@H](C)C1C2CC[C@@]2(C)C1CC[C@@H]2O.COc1ccc2c(c1)C[C@@H](C)C1C2CC[C@@]2(C)C1CC[C@@H]2O.COc1ccc2c(c1)C[C@@H](C)C1C2CC[C@@]2(C)C1CC[C@@H]2OC(C)=O. The van der Waals surface area contributed by atoms with Crippen molar-refractivity contribution in [1.29, 1.82) is 0 Å². The van der Waals surface area contributed by atoms with Crippen LogP contribution < -0.4 is 14.2 Å². The van der Waals surface area contributed by atoms with E-state index in [-0.39, 0.29) is 58.0 Å². The number of aliphatic hydroxyl groups excluding tert-OH is 2. The molecule has 0 radical (unpaired) electrons. The zero-order valence-electron chi connectivity index (χ0n) is 59.1. The fourth-order valence-electron chi connectivity index (χ4n) is 25.5. The summed E-state index contributed by atoms with van der Waals surface area (Å²) in [5.41, 5.74) is 11.2. The first-order valence-corrected chi connectivity index (χ1v) is 37.4. The molecule has 508 valence electrons. The molecule has 10 heteroatoms. The van der Waals surface area contributed by atoms with Gasteiger partial charge < -0.3 is 33.9 Å². The van der Waals surface area contributed by atoms with Crippen LogP contribution in [0.1, 0.15) is 242 Å². The molecule has 13 unspecified atom stereocenters. The van der Waals surface area contributed by atoms with E-state index < -0.39 is 0 Å². The second-order valence-corrected chi connectivity index (χ2v) is 34.2. The third-order valence-electron chi connectivity index (χ3n) is 29.8. The Bertz CT molecular complexity index is 3190. The number of benzene rings is 3. The molecule has 2 N–H and O–H groups in total. The quantitative estimate of drug-likeness (QED) is 0.238. The summed E-state index contributed by atoms with van der Waals surface area (Å²) in [5.74, 6) is 14.9. The standard InChI is InChI=1S/C22H30O3.C21H30O3.2C20H28O2/c1-13-11-15-12-16(24-4)5-6-17(15)18-9-10-22(3)19(21(13)18)7-8-20(22)25-14(2)23;1-12-10-14-11-15(23)4-5-16(14)17-8-9-21(3)18(20(12)17)6-7-19(21)24-13(2)22;2*1-12-10-13-11-14(22-3)4-5-15(13)16-8-9-20(2)17(19(12)16)6-7-18(20)21/h5-6,12-13,18-21H,7-11H2,1-4H3;11-12,16-20H,4-10H2,1-3H3;2*4-5,11-12,16-19,21H,6-10H2,1-3H3/t13-,18?,19?,20+,21?,22+;12-,16?,17?,18?,19+,20?,21+;2*12-,16?,17?,18+,19?,20+/m1111/s1. The van der Waals surface area contributed by atoms with Gasteiger partial charge in [0.2, 0.25) is 0 Å². The Kier molecular flexibility index (Phi) is 18.7. The Morgan fingerprint density at radius 3 is 1.18 bits per heavy atom. The van der Waals surface area contributed by atoms with E-state index in [0.29, 0.717) is 82.7 Å². The van der Waals surface area contributed by atoms with Gasteiger partial charge in [0.25, 0.3) is 0 Å². The number of carbonyl (C=O) groups excluding carboxylic acids is 3. The minimum absolute atomic E-state index is 0.0806. The molecular formula is C83H116O10. The predicted octanol–water partition coefficient (Wildman–Crippen LogP) is 17.4. The molecule has 0 heterocycles. The number of ketones is 1. The monoisotopic (exact) mass is 1270 g/mol. The van der Waals surface area contributed by atoms with Crippen LogP contribution in [-0.4, -0.2) is 73.7 Å². The van der Waals surface area contributed by atoms with Crippen molar-refractivity contribution in [1.82, 2.24) is 0 Å². The molecule has 93 heavy (non-hydrogen) atoms. The highest BCUT2D eigenvalue weighted by molar-refractivity contribution is 5.91. The van der Waals surface area contributed by atoms with E-state index in [1.807, 2.05) is 6.08 Å². The van der Waals surface area contributed by atoms with Gasteiger partial charge in [-0.15, -0.1) is 0 Å². The zero-order valence-corrected chi connectivity index (χ0v) is 59.1. The van der Waals surface area contributed by atoms with Gasteiger partial charge in [0.15, 0.2) is 5.78 Å². The van der Waals surface area contributed by atoms with Crippen molar-refractivity contribution in [2.75, 3.05) is 21.3 Å².